The molecule has 0 spiro atoms. The van der Waals surface area contributed by atoms with E-state index in [1.165, 1.54) is 63.4 Å². The molecule has 0 bridgehead atoms. The molecule has 0 aromatic heterocycles. The molecule has 2 aromatic carbocycles. The van der Waals surface area contributed by atoms with Gasteiger partial charge in [-0.1, -0.05) is 101 Å². The van der Waals surface area contributed by atoms with Crippen LogP contribution in [0, 0.1) is 6.92 Å². The van der Waals surface area contributed by atoms with E-state index < -0.39 is 0 Å². The van der Waals surface area contributed by atoms with E-state index in [1.807, 2.05) is 24.3 Å². The number of nitrogens with zero attached hydrogens (tertiary/aromatic N) is 1. The molecule has 0 saturated carbocycles. The summed E-state index contributed by atoms with van der Waals surface area (Å²) in [6, 6.07) is 15.7. The van der Waals surface area contributed by atoms with E-state index in [0.29, 0.717) is 13.0 Å². The zero-order chi connectivity index (χ0) is 26.6. The molecule has 37 heavy (non-hydrogen) atoms. The van der Waals surface area contributed by atoms with Crippen LogP contribution in [0.25, 0.3) is 0 Å². The average molecular weight is 508 g/mol. The second kappa shape index (κ2) is 19.0. The number of amides is 2. The van der Waals surface area contributed by atoms with Gasteiger partial charge in [0, 0.05) is 6.42 Å². The van der Waals surface area contributed by atoms with Gasteiger partial charge >= 0.3 is 0 Å². The van der Waals surface area contributed by atoms with E-state index in [1.54, 1.807) is 6.21 Å². The molecule has 2 rings (SSSR count). The summed E-state index contributed by atoms with van der Waals surface area (Å²) in [5.74, 6) is 0.333. The number of aryl methyl sites for hydroxylation is 1. The summed E-state index contributed by atoms with van der Waals surface area (Å²) in [5.41, 5.74) is 5.62. The quantitative estimate of drug-likeness (QED) is 0.124. The zero-order valence-electron chi connectivity index (χ0n) is 22.8. The Hall–Kier alpha value is -3.15. The molecule has 0 fully saturated rings. The smallest absolute Gasteiger partial charge is 0.259 e. The van der Waals surface area contributed by atoms with Crippen molar-refractivity contribution < 1.29 is 14.3 Å². The third-order valence-corrected chi connectivity index (χ3v) is 6.26. The second-order valence-corrected chi connectivity index (χ2v) is 9.70. The van der Waals surface area contributed by atoms with Gasteiger partial charge in [0.2, 0.25) is 5.91 Å². The van der Waals surface area contributed by atoms with E-state index in [2.05, 4.69) is 54.0 Å². The van der Waals surface area contributed by atoms with Crippen LogP contribution in [-0.2, 0) is 16.2 Å². The first kappa shape index (κ1) is 30.1. The predicted molar refractivity (Wildman–Crippen MR) is 152 cm³/mol. The first-order chi connectivity index (χ1) is 18.1. The lowest BCUT2D eigenvalue weighted by Crippen LogP contribution is -2.34. The van der Waals surface area contributed by atoms with Gasteiger partial charge in [-0.3, -0.25) is 9.59 Å². The highest BCUT2D eigenvalue weighted by atomic mass is 16.5. The largest absolute Gasteiger partial charge is 0.489 e. The summed E-state index contributed by atoms with van der Waals surface area (Å²) in [5, 5.41) is 6.63. The highest BCUT2D eigenvalue weighted by molar-refractivity contribution is 5.86. The Morgan fingerprint density at radius 2 is 1.38 bits per heavy atom. The van der Waals surface area contributed by atoms with Crippen LogP contribution >= 0.6 is 0 Å². The Bertz CT molecular complexity index is 924. The molecular weight excluding hydrogens is 462 g/mol. The van der Waals surface area contributed by atoms with Gasteiger partial charge < -0.3 is 10.1 Å². The topological polar surface area (TPSA) is 79.8 Å². The van der Waals surface area contributed by atoms with Gasteiger partial charge in [-0.25, -0.2) is 5.43 Å². The van der Waals surface area contributed by atoms with Crippen LogP contribution in [0.3, 0.4) is 0 Å². The van der Waals surface area contributed by atoms with Gasteiger partial charge in [-0.2, -0.15) is 5.10 Å². The molecule has 0 aliphatic rings. The normalized spacial score (nSPS) is 11.0. The van der Waals surface area contributed by atoms with Crippen LogP contribution in [0.1, 0.15) is 101 Å². The van der Waals surface area contributed by atoms with E-state index in [-0.39, 0.29) is 18.4 Å². The number of ether oxygens (including phenoxy) is 1. The third kappa shape index (κ3) is 14.9. The van der Waals surface area contributed by atoms with Crippen LogP contribution in [0.15, 0.2) is 53.6 Å². The van der Waals surface area contributed by atoms with Crippen molar-refractivity contribution in [1.29, 1.82) is 0 Å². The van der Waals surface area contributed by atoms with Crippen LogP contribution < -0.4 is 15.5 Å². The van der Waals surface area contributed by atoms with Gasteiger partial charge in [0.15, 0.2) is 0 Å². The molecule has 0 unspecified atom stereocenters. The summed E-state index contributed by atoms with van der Waals surface area (Å²) in [6.45, 7) is 4.75. The fraction of sp³-hybridized carbons (Fsp3) is 0.516. The van der Waals surface area contributed by atoms with Gasteiger partial charge in [0.05, 0.1) is 12.8 Å². The van der Waals surface area contributed by atoms with Gasteiger partial charge in [0.1, 0.15) is 12.4 Å². The molecule has 2 aromatic rings. The highest BCUT2D eigenvalue weighted by Gasteiger charge is 2.05. The molecule has 6 heteroatoms. The minimum atomic E-state index is -0.346. The molecular formula is C31H45N3O3. The summed E-state index contributed by atoms with van der Waals surface area (Å²) in [4.78, 5) is 23.9. The number of nitrogens with one attached hydrogen (secondary N) is 2. The van der Waals surface area contributed by atoms with E-state index in [9.17, 15) is 9.59 Å². The van der Waals surface area contributed by atoms with Crippen LogP contribution in [0.5, 0.6) is 5.75 Å². The predicted octanol–water partition coefficient (Wildman–Crippen LogP) is 6.84. The summed E-state index contributed by atoms with van der Waals surface area (Å²) in [6.07, 6.45) is 15.8. The zero-order valence-corrected chi connectivity index (χ0v) is 22.8. The van der Waals surface area contributed by atoms with Gasteiger partial charge in [-0.05, 0) is 48.7 Å². The molecule has 0 aliphatic heterocycles. The molecule has 0 aliphatic carbocycles. The van der Waals surface area contributed by atoms with Crippen molar-refractivity contribution in [2.45, 2.75) is 97.5 Å². The lowest BCUT2D eigenvalue weighted by Gasteiger charge is -2.07. The maximum atomic E-state index is 12.0. The van der Waals surface area contributed by atoms with E-state index in [4.69, 9.17) is 4.74 Å². The van der Waals surface area contributed by atoms with Crippen molar-refractivity contribution in [3.05, 3.63) is 65.2 Å². The summed E-state index contributed by atoms with van der Waals surface area (Å²) >= 11 is 0. The molecule has 0 saturated heterocycles. The maximum Gasteiger partial charge on any atom is 0.259 e. The molecule has 0 radical (unpaired) electrons. The highest BCUT2D eigenvalue weighted by Crippen LogP contribution is 2.14. The minimum absolute atomic E-state index is 0.0695. The molecule has 6 nitrogen and oxygen atoms in total. The Kier molecular flexibility index (Phi) is 15.5. The summed E-state index contributed by atoms with van der Waals surface area (Å²) < 4.78 is 5.80. The van der Waals surface area contributed by atoms with Gasteiger partial charge in [0.25, 0.3) is 5.91 Å². The van der Waals surface area contributed by atoms with Crippen LogP contribution in [0.4, 0.5) is 0 Å². The monoisotopic (exact) mass is 507 g/mol. The Balaban J connectivity index is 1.49. The van der Waals surface area contributed by atoms with Crippen molar-refractivity contribution in [3.63, 3.8) is 0 Å². The van der Waals surface area contributed by atoms with E-state index in [0.717, 1.165) is 29.7 Å². The molecule has 2 N–H and O–H groups in total. The van der Waals surface area contributed by atoms with E-state index >= 15 is 0 Å². The molecule has 0 heterocycles. The Labute approximate surface area is 223 Å². The number of benzene rings is 2. The minimum Gasteiger partial charge on any atom is -0.489 e. The number of carbonyl (C=O) groups excluding carboxylic acids is 2. The van der Waals surface area contributed by atoms with Crippen molar-refractivity contribution in [1.82, 2.24) is 10.7 Å². The fourth-order valence-corrected chi connectivity index (χ4v) is 3.94. The number of hydrazone groups is 1. The molecule has 0 atom stereocenters. The molecule has 202 valence electrons. The third-order valence-electron chi connectivity index (χ3n) is 6.26. The second-order valence-electron chi connectivity index (χ2n) is 9.70. The lowest BCUT2D eigenvalue weighted by atomic mass is 10.1. The first-order valence-corrected chi connectivity index (χ1v) is 13.9. The van der Waals surface area contributed by atoms with Crippen molar-refractivity contribution in [3.8, 4) is 5.75 Å². The lowest BCUT2D eigenvalue weighted by molar-refractivity contribution is -0.126. The van der Waals surface area contributed by atoms with Crippen LogP contribution in [-0.4, -0.2) is 24.6 Å². The van der Waals surface area contributed by atoms with Crippen molar-refractivity contribution in [2.75, 3.05) is 6.54 Å². The van der Waals surface area contributed by atoms with Crippen molar-refractivity contribution >= 4 is 18.0 Å². The first-order valence-electron chi connectivity index (χ1n) is 13.9. The summed E-state index contributed by atoms with van der Waals surface area (Å²) in [7, 11) is 0. The number of carbonyl (C=O) groups is 2. The number of rotatable bonds is 19. The standard InChI is InChI=1S/C31H45N3O3/c1-3-4-5-6-7-8-9-10-11-12-13-14-30(35)32-24-31(36)34-33-23-27-19-21-29(22-20-27)37-25-28-17-15-26(2)16-18-28/h15-23H,3-14,24-25H2,1-2H3,(H,32,35)(H,34,36)/b33-23-. The maximum absolute atomic E-state index is 12.0. The molecule has 2 amide bonds. The average Bonchev–Trinajstić information content (AvgIpc) is 2.91. The SMILES string of the molecule is CCCCCCCCCCCCCC(=O)NCC(=O)N/N=C\c1ccc(OCc2ccc(C)cc2)cc1. The number of hydrogen-bond donors (Lipinski definition) is 2. The Morgan fingerprint density at radius 1 is 0.784 bits per heavy atom. The van der Waals surface area contributed by atoms with Gasteiger partial charge in [-0.15, -0.1) is 0 Å². The Morgan fingerprint density at radius 3 is 2.00 bits per heavy atom. The van der Waals surface area contributed by atoms with Crippen molar-refractivity contribution in [2.24, 2.45) is 5.10 Å². The van der Waals surface area contributed by atoms with Crippen LogP contribution in [0.2, 0.25) is 0 Å². The number of hydrogen-bond acceptors (Lipinski definition) is 4. The fourth-order valence-electron chi connectivity index (χ4n) is 3.94. The number of unbranched alkanes of at least 4 members (excludes halogenated alkanes) is 10.